The third-order valence-corrected chi connectivity index (χ3v) is 6.65. The highest BCUT2D eigenvalue weighted by molar-refractivity contribution is 7.93. The highest BCUT2D eigenvalue weighted by Gasteiger charge is 2.42. The molecule has 0 unspecified atom stereocenters. The minimum atomic E-state index is -3.24. The van der Waals surface area contributed by atoms with Gasteiger partial charge in [0.1, 0.15) is 0 Å². The van der Waals surface area contributed by atoms with E-state index in [-0.39, 0.29) is 18.2 Å². The number of rotatable bonds is 3. The molecule has 8 heteroatoms. The van der Waals surface area contributed by atoms with E-state index in [1.807, 2.05) is 0 Å². The van der Waals surface area contributed by atoms with Crippen LogP contribution in [0.15, 0.2) is 24.3 Å². The Morgan fingerprint density at radius 3 is 2.33 bits per heavy atom. The zero-order valence-corrected chi connectivity index (χ0v) is 14.3. The van der Waals surface area contributed by atoms with Gasteiger partial charge < -0.3 is 10.0 Å². The molecule has 3 rings (SSSR count). The van der Waals surface area contributed by atoms with Crippen LogP contribution in [0.1, 0.15) is 30.1 Å². The van der Waals surface area contributed by atoms with E-state index in [1.165, 1.54) is 9.21 Å². The average molecular weight is 352 g/mol. The van der Waals surface area contributed by atoms with Crippen molar-refractivity contribution in [2.45, 2.75) is 19.8 Å². The van der Waals surface area contributed by atoms with Crippen molar-refractivity contribution >= 4 is 27.6 Å². The van der Waals surface area contributed by atoms with Crippen LogP contribution in [-0.2, 0) is 14.8 Å². The number of benzene rings is 1. The van der Waals surface area contributed by atoms with Crippen LogP contribution in [0.2, 0.25) is 0 Å². The summed E-state index contributed by atoms with van der Waals surface area (Å²) in [4.78, 5) is 25.3. The van der Waals surface area contributed by atoms with Gasteiger partial charge in [-0.25, -0.2) is 8.42 Å². The number of carbonyl (C=O) groups is 2. The molecule has 0 saturated carbocycles. The Balaban J connectivity index is 1.75. The van der Waals surface area contributed by atoms with E-state index in [2.05, 4.69) is 0 Å². The van der Waals surface area contributed by atoms with Crippen LogP contribution in [0.25, 0.3) is 0 Å². The largest absolute Gasteiger partial charge is 0.481 e. The Morgan fingerprint density at radius 1 is 1.17 bits per heavy atom. The summed E-state index contributed by atoms with van der Waals surface area (Å²) in [6.45, 7) is 2.69. The molecular formula is C16H20N2O5S. The zero-order chi connectivity index (χ0) is 17.5. The van der Waals surface area contributed by atoms with Crippen LogP contribution in [0, 0.1) is 5.41 Å². The molecule has 1 N–H and O–H groups in total. The van der Waals surface area contributed by atoms with Gasteiger partial charge in [-0.1, -0.05) is 0 Å². The monoisotopic (exact) mass is 352 g/mol. The fourth-order valence-electron chi connectivity index (χ4n) is 3.19. The predicted molar refractivity (Wildman–Crippen MR) is 88.5 cm³/mol. The van der Waals surface area contributed by atoms with Gasteiger partial charge in [0.2, 0.25) is 10.0 Å². The van der Waals surface area contributed by atoms with E-state index in [9.17, 15) is 23.1 Å². The average Bonchev–Trinajstić information content (AvgIpc) is 3.10. The molecule has 0 radical (unpaired) electrons. The molecule has 2 aliphatic heterocycles. The summed E-state index contributed by atoms with van der Waals surface area (Å²) in [5.41, 5.74) is 0.0880. The molecule has 0 bridgehead atoms. The number of nitrogens with zero attached hydrogens (tertiary/aromatic N) is 2. The molecule has 0 aromatic heterocycles. The molecule has 0 spiro atoms. The highest BCUT2D eigenvalue weighted by Crippen LogP contribution is 2.31. The maximum atomic E-state index is 12.5. The van der Waals surface area contributed by atoms with Crippen molar-refractivity contribution in [2.24, 2.45) is 5.41 Å². The first-order chi connectivity index (χ1) is 11.2. The molecule has 1 aromatic rings. The van der Waals surface area contributed by atoms with Crippen molar-refractivity contribution in [2.75, 3.05) is 29.7 Å². The smallest absolute Gasteiger partial charge is 0.311 e. The van der Waals surface area contributed by atoms with E-state index >= 15 is 0 Å². The number of carboxylic acids is 1. The van der Waals surface area contributed by atoms with Crippen LogP contribution >= 0.6 is 0 Å². The lowest BCUT2D eigenvalue weighted by Crippen LogP contribution is -2.34. The lowest BCUT2D eigenvalue weighted by molar-refractivity contribution is -0.147. The van der Waals surface area contributed by atoms with E-state index in [0.29, 0.717) is 37.2 Å². The lowest BCUT2D eigenvalue weighted by atomic mass is 9.90. The number of aliphatic carboxylic acids is 1. The molecule has 24 heavy (non-hydrogen) atoms. The topological polar surface area (TPSA) is 95.0 Å². The number of hydrogen-bond donors (Lipinski definition) is 1. The van der Waals surface area contributed by atoms with Gasteiger partial charge in [-0.05, 0) is 44.0 Å². The van der Waals surface area contributed by atoms with Crippen LogP contribution in [-0.4, -0.2) is 55.7 Å². The summed E-state index contributed by atoms with van der Waals surface area (Å²) < 4.78 is 25.2. The van der Waals surface area contributed by atoms with Gasteiger partial charge in [0.05, 0.1) is 16.9 Å². The summed E-state index contributed by atoms with van der Waals surface area (Å²) >= 11 is 0. The van der Waals surface area contributed by atoms with Gasteiger partial charge in [-0.3, -0.25) is 13.9 Å². The second-order valence-corrected chi connectivity index (χ2v) is 8.64. The number of carboxylic acid groups (broad SMARTS) is 1. The van der Waals surface area contributed by atoms with Crippen molar-refractivity contribution in [3.63, 3.8) is 0 Å². The molecule has 2 fully saturated rings. The minimum absolute atomic E-state index is 0.148. The minimum Gasteiger partial charge on any atom is -0.481 e. The molecular weight excluding hydrogens is 332 g/mol. The Kier molecular flexibility index (Phi) is 4.03. The molecule has 2 saturated heterocycles. The molecule has 2 heterocycles. The number of amides is 1. The van der Waals surface area contributed by atoms with Crippen molar-refractivity contribution in [1.29, 1.82) is 0 Å². The Labute approximate surface area is 140 Å². The molecule has 2 aliphatic rings. The second kappa shape index (κ2) is 5.77. The SMILES string of the molecule is C[C@]1(C(=O)O)CCN(C(=O)c2ccc(N3CCCS3(=O)=O)cc2)C1. The molecule has 0 aliphatic carbocycles. The first kappa shape index (κ1) is 16.8. The molecule has 1 atom stereocenters. The van der Waals surface area contributed by atoms with E-state index in [0.717, 1.165) is 0 Å². The summed E-state index contributed by atoms with van der Waals surface area (Å²) in [6, 6.07) is 6.45. The summed E-state index contributed by atoms with van der Waals surface area (Å²) in [5.74, 6) is -0.974. The van der Waals surface area contributed by atoms with E-state index in [4.69, 9.17) is 0 Å². The van der Waals surface area contributed by atoms with Gasteiger partial charge in [-0.15, -0.1) is 0 Å². The number of hydrogen-bond acceptors (Lipinski definition) is 4. The highest BCUT2D eigenvalue weighted by atomic mass is 32.2. The van der Waals surface area contributed by atoms with Gasteiger partial charge in [0.25, 0.3) is 5.91 Å². The van der Waals surface area contributed by atoms with Crippen molar-refractivity contribution in [1.82, 2.24) is 4.90 Å². The van der Waals surface area contributed by atoms with Gasteiger partial charge in [-0.2, -0.15) is 0 Å². The van der Waals surface area contributed by atoms with Crippen LogP contribution in [0.3, 0.4) is 0 Å². The number of sulfonamides is 1. The second-order valence-electron chi connectivity index (χ2n) is 6.63. The quantitative estimate of drug-likeness (QED) is 0.881. The molecule has 7 nitrogen and oxygen atoms in total. The Morgan fingerprint density at radius 2 is 1.83 bits per heavy atom. The molecule has 1 amide bonds. The van der Waals surface area contributed by atoms with Crippen molar-refractivity contribution in [3.05, 3.63) is 29.8 Å². The zero-order valence-electron chi connectivity index (χ0n) is 13.4. The first-order valence-corrected chi connectivity index (χ1v) is 9.47. The van der Waals surface area contributed by atoms with Crippen LogP contribution in [0.5, 0.6) is 0 Å². The lowest BCUT2D eigenvalue weighted by Gasteiger charge is -2.21. The third kappa shape index (κ3) is 2.86. The standard InChI is InChI=1S/C16H20N2O5S/c1-16(15(20)21)7-9-17(11-16)14(19)12-3-5-13(6-4-12)18-8-2-10-24(18,22)23/h3-6H,2,7-11H2,1H3,(H,20,21)/t16-/m0/s1. The Bertz CT molecular complexity index is 774. The van der Waals surface area contributed by atoms with Crippen LogP contribution < -0.4 is 4.31 Å². The summed E-state index contributed by atoms with van der Waals surface area (Å²) in [5, 5.41) is 9.25. The molecule has 130 valence electrons. The van der Waals surface area contributed by atoms with Crippen LogP contribution in [0.4, 0.5) is 5.69 Å². The van der Waals surface area contributed by atoms with E-state index in [1.54, 1.807) is 31.2 Å². The number of anilines is 1. The fraction of sp³-hybridized carbons (Fsp3) is 0.500. The van der Waals surface area contributed by atoms with Crippen molar-refractivity contribution < 1.29 is 23.1 Å². The maximum Gasteiger partial charge on any atom is 0.311 e. The van der Waals surface area contributed by atoms with Gasteiger partial charge in [0, 0.05) is 25.2 Å². The fourth-order valence-corrected chi connectivity index (χ4v) is 4.76. The first-order valence-electron chi connectivity index (χ1n) is 7.86. The van der Waals surface area contributed by atoms with Gasteiger partial charge >= 0.3 is 5.97 Å². The normalized spacial score (nSPS) is 25.9. The number of carbonyl (C=O) groups excluding carboxylic acids is 1. The van der Waals surface area contributed by atoms with Crippen molar-refractivity contribution in [3.8, 4) is 0 Å². The summed E-state index contributed by atoms with van der Waals surface area (Å²) in [6.07, 6.45) is 1.03. The number of likely N-dealkylation sites (tertiary alicyclic amines) is 1. The summed E-state index contributed by atoms with van der Waals surface area (Å²) in [7, 11) is -3.24. The third-order valence-electron chi connectivity index (χ3n) is 4.78. The predicted octanol–water partition coefficient (Wildman–Crippen LogP) is 1.16. The van der Waals surface area contributed by atoms with E-state index < -0.39 is 21.4 Å². The molecule has 1 aromatic carbocycles. The Hall–Kier alpha value is -2.09. The van der Waals surface area contributed by atoms with Gasteiger partial charge in [0.15, 0.2) is 0 Å². The maximum absolute atomic E-state index is 12.5.